The SMILES string of the molecule is CS(=O)(=O)CC(c1ccc2c(c1)OCO2)N1C(=O)c2csc(N)c2C1=O. The summed E-state index contributed by atoms with van der Waals surface area (Å²) in [5.74, 6) is -0.584. The number of carbonyl (C=O) groups is 2. The average molecular weight is 394 g/mol. The highest BCUT2D eigenvalue weighted by Crippen LogP contribution is 2.40. The first-order chi connectivity index (χ1) is 12.3. The zero-order chi connectivity index (χ0) is 18.6. The minimum atomic E-state index is -3.50. The van der Waals surface area contributed by atoms with E-state index in [0.29, 0.717) is 17.1 Å². The second kappa shape index (κ2) is 5.71. The van der Waals surface area contributed by atoms with Crippen LogP contribution in [0.4, 0.5) is 5.00 Å². The van der Waals surface area contributed by atoms with Gasteiger partial charge in [-0.1, -0.05) is 6.07 Å². The molecule has 1 aromatic carbocycles. The van der Waals surface area contributed by atoms with Crippen LogP contribution in [0.3, 0.4) is 0 Å². The molecular formula is C16H14N2O6S2. The predicted molar refractivity (Wildman–Crippen MR) is 94.2 cm³/mol. The van der Waals surface area contributed by atoms with Crippen LogP contribution in [0.5, 0.6) is 11.5 Å². The van der Waals surface area contributed by atoms with Gasteiger partial charge in [-0.25, -0.2) is 8.42 Å². The molecule has 1 aromatic heterocycles. The number of thiophene rings is 1. The molecule has 0 fully saturated rings. The number of amides is 2. The molecule has 0 saturated heterocycles. The molecular weight excluding hydrogens is 380 g/mol. The lowest BCUT2D eigenvalue weighted by molar-refractivity contribution is 0.0597. The molecule has 10 heteroatoms. The van der Waals surface area contributed by atoms with E-state index in [1.165, 1.54) is 5.38 Å². The Balaban J connectivity index is 1.80. The number of rotatable bonds is 4. The van der Waals surface area contributed by atoms with E-state index in [-0.39, 0.29) is 22.9 Å². The Morgan fingerprint density at radius 2 is 1.96 bits per heavy atom. The number of nitrogens with two attached hydrogens (primary N) is 1. The fourth-order valence-corrected chi connectivity index (χ4v) is 4.80. The molecule has 1 unspecified atom stereocenters. The second-order valence-electron chi connectivity index (χ2n) is 6.09. The number of carbonyl (C=O) groups excluding carboxylic acids is 2. The van der Waals surface area contributed by atoms with Crippen LogP contribution >= 0.6 is 11.3 Å². The van der Waals surface area contributed by atoms with Gasteiger partial charge in [0.1, 0.15) is 9.84 Å². The van der Waals surface area contributed by atoms with Crippen molar-refractivity contribution in [3.63, 3.8) is 0 Å². The van der Waals surface area contributed by atoms with Gasteiger partial charge in [-0.3, -0.25) is 14.5 Å². The molecule has 2 N–H and O–H groups in total. The minimum Gasteiger partial charge on any atom is -0.454 e. The molecule has 0 radical (unpaired) electrons. The van der Waals surface area contributed by atoms with Gasteiger partial charge in [-0.2, -0.15) is 0 Å². The fraction of sp³-hybridized carbons (Fsp3) is 0.250. The minimum absolute atomic E-state index is 0.0602. The van der Waals surface area contributed by atoms with Gasteiger partial charge in [0.25, 0.3) is 11.8 Å². The molecule has 26 heavy (non-hydrogen) atoms. The summed E-state index contributed by atoms with van der Waals surface area (Å²) in [5.41, 5.74) is 6.62. The van der Waals surface area contributed by atoms with Crippen molar-refractivity contribution in [3.05, 3.63) is 40.3 Å². The van der Waals surface area contributed by atoms with Crippen molar-refractivity contribution in [2.75, 3.05) is 24.5 Å². The Morgan fingerprint density at radius 1 is 1.23 bits per heavy atom. The quantitative estimate of drug-likeness (QED) is 0.780. The molecule has 0 spiro atoms. The van der Waals surface area contributed by atoms with E-state index in [9.17, 15) is 18.0 Å². The lowest BCUT2D eigenvalue weighted by atomic mass is 10.1. The molecule has 4 rings (SSSR count). The van der Waals surface area contributed by atoms with Crippen LogP contribution in [0.15, 0.2) is 23.6 Å². The van der Waals surface area contributed by atoms with E-state index in [1.54, 1.807) is 18.2 Å². The van der Waals surface area contributed by atoms with Crippen molar-refractivity contribution < 1.29 is 27.5 Å². The number of imide groups is 1. The highest BCUT2D eigenvalue weighted by molar-refractivity contribution is 7.90. The van der Waals surface area contributed by atoms with Crippen LogP contribution in [0.1, 0.15) is 32.3 Å². The highest BCUT2D eigenvalue weighted by atomic mass is 32.2. The van der Waals surface area contributed by atoms with E-state index >= 15 is 0 Å². The number of nitrogens with zero attached hydrogens (tertiary/aromatic N) is 1. The third kappa shape index (κ3) is 2.61. The fourth-order valence-electron chi connectivity index (χ4n) is 3.10. The standard InChI is InChI=1S/C16H14N2O6S2/c1-26(21,22)6-10(8-2-3-11-12(4-8)24-7-23-11)18-15(19)9-5-25-14(17)13(9)16(18)20/h2-5,10H,6-7,17H2,1H3. The van der Waals surface area contributed by atoms with Gasteiger partial charge in [0.15, 0.2) is 11.5 Å². The Kier molecular flexibility index (Phi) is 3.70. The first kappa shape index (κ1) is 16.9. The van der Waals surface area contributed by atoms with Crippen LogP contribution in [-0.2, 0) is 9.84 Å². The van der Waals surface area contributed by atoms with Crippen LogP contribution in [-0.4, -0.2) is 43.9 Å². The van der Waals surface area contributed by atoms with Crippen LogP contribution in [0, 0.1) is 0 Å². The number of ether oxygens (including phenoxy) is 2. The number of benzene rings is 1. The maximum atomic E-state index is 12.8. The second-order valence-corrected chi connectivity index (χ2v) is 9.19. The van der Waals surface area contributed by atoms with Gasteiger partial charge in [-0.15, -0.1) is 11.3 Å². The first-order valence-corrected chi connectivity index (χ1v) is 10.5. The molecule has 2 amide bonds. The van der Waals surface area contributed by atoms with Crippen LogP contribution in [0.25, 0.3) is 0 Å². The van der Waals surface area contributed by atoms with E-state index in [1.807, 2.05) is 0 Å². The molecule has 0 saturated carbocycles. The van der Waals surface area contributed by atoms with Gasteiger partial charge in [0.05, 0.1) is 27.9 Å². The maximum absolute atomic E-state index is 12.8. The molecule has 2 aromatic rings. The maximum Gasteiger partial charge on any atom is 0.265 e. The van der Waals surface area contributed by atoms with Crippen molar-refractivity contribution in [2.24, 2.45) is 0 Å². The third-order valence-corrected chi connectivity index (χ3v) is 5.99. The Hall–Kier alpha value is -2.59. The summed E-state index contributed by atoms with van der Waals surface area (Å²) in [6.07, 6.45) is 1.06. The molecule has 0 aliphatic carbocycles. The lowest BCUT2D eigenvalue weighted by Crippen LogP contribution is -2.37. The summed E-state index contributed by atoms with van der Waals surface area (Å²) in [7, 11) is -3.50. The normalized spacial score (nSPS) is 16.9. The van der Waals surface area contributed by atoms with Crippen molar-refractivity contribution in [1.29, 1.82) is 0 Å². The van der Waals surface area contributed by atoms with Gasteiger partial charge in [0, 0.05) is 11.6 Å². The summed E-state index contributed by atoms with van der Waals surface area (Å²) in [5, 5.41) is 1.76. The zero-order valence-electron chi connectivity index (χ0n) is 13.6. The largest absolute Gasteiger partial charge is 0.454 e. The van der Waals surface area contributed by atoms with Gasteiger partial charge < -0.3 is 15.2 Å². The molecule has 2 aliphatic heterocycles. The average Bonchev–Trinajstić information content (AvgIpc) is 3.23. The number of anilines is 1. The molecule has 3 heterocycles. The van der Waals surface area contributed by atoms with E-state index in [0.717, 1.165) is 22.5 Å². The molecule has 2 aliphatic rings. The van der Waals surface area contributed by atoms with Crippen molar-refractivity contribution in [1.82, 2.24) is 4.90 Å². The summed E-state index contributed by atoms with van der Waals surface area (Å²) >= 11 is 1.11. The summed E-state index contributed by atoms with van der Waals surface area (Å²) in [6.45, 7) is 0.0602. The summed E-state index contributed by atoms with van der Waals surface area (Å²) < 4.78 is 34.5. The van der Waals surface area contributed by atoms with Gasteiger partial charge in [-0.05, 0) is 17.7 Å². The summed E-state index contributed by atoms with van der Waals surface area (Å²) in [6, 6.07) is 3.85. The van der Waals surface area contributed by atoms with Crippen LogP contribution < -0.4 is 15.2 Å². The number of fused-ring (bicyclic) bond motifs is 2. The molecule has 1 atom stereocenters. The number of sulfone groups is 1. The smallest absolute Gasteiger partial charge is 0.265 e. The molecule has 0 bridgehead atoms. The van der Waals surface area contributed by atoms with E-state index in [2.05, 4.69) is 0 Å². The van der Waals surface area contributed by atoms with Crippen molar-refractivity contribution in [2.45, 2.75) is 6.04 Å². The van der Waals surface area contributed by atoms with Gasteiger partial charge in [0.2, 0.25) is 6.79 Å². The number of hydrogen-bond acceptors (Lipinski definition) is 8. The Labute approximate surface area is 153 Å². The Bertz CT molecular complexity index is 1040. The summed E-state index contributed by atoms with van der Waals surface area (Å²) in [4.78, 5) is 26.5. The van der Waals surface area contributed by atoms with Crippen LogP contribution in [0.2, 0.25) is 0 Å². The van der Waals surface area contributed by atoms with E-state index in [4.69, 9.17) is 15.2 Å². The highest BCUT2D eigenvalue weighted by Gasteiger charge is 2.44. The third-order valence-electron chi connectivity index (χ3n) is 4.26. The van der Waals surface area contributed by atoms with Crippen molar-refractivity contribution >= 4 is 38.0 Å². The van der Waals surface area contributed by atoms with Gasteiger partial charge >= 0.3 is 0 Å². The van der Waals surface area contributed by atoms with Crippen molar-refractivity contribution in [3.8, 4) is 11.5 Å². The molecule has 8 nitrogen and oxygen atoms in total. The predicted octanol–water partition coefficient (Wildman–Crippen LogP) is 1.44. The Morgan fingerprint density at radius 3 is 2.65 bits per heavy atom. The number of nitrogen functional groups attached to an aromatic ring is 1. The van der Waals surface area contributed by atoms with E-state index < -0.39 is 33.4 Å². The lowest BCUT2D eigenvalue weighted by Gasteiger charge is -2.26. The number of hydrogen-bond donors (Lipinski definition) is 1. The first-order valence-electron chi connectivity index (χ1n) is 7.58. The topological polar surface area (TPSA) is 116 Å². The zero-order valence-corrected chi connectivity index (χ0v) is 15.2. The monoisotopic (exact) mass is 394 g/mol. The molecule has 136 valence electrons.